The zero-order chi connectivity index (χ0) is 21.6. The van der Waals surface area contributed by atoms with Gasteiger partial charge in [0.25, 0.3) is 5.91 Å². The molecule has 3 heterocycles. The van der Waals surface area contributed by atoms with Gasteiger partial charge in [0, 0.05) is 26.1 Å². The first kappa shape index (κ1) is 20.2. The van der Waals surface area contributed by atoms with Crippen molar-refractivity contribution in [3.05, 3.63) is 18.2 Å². The second-order valence-electron chi connectivity index (χ2n) is 8.09. The maximum atomic E-state index is 13.3. The molecule has 3 amide bonds. The van der Waals surface area contributed by atoms with Gasteiger partial charge in [-0.2, -0.15) is 0 Å². The van der Waals surface area contributed by atoms with Crippen LogP contribution in [0.3, 0.4) is 0 Å². The second-order valence-corrected chi connectivity index (χ2v) is 8.09. The number of carbonyl (C=O) groups is 2. The third-order valence-electron chi connectivity index (χ3n) is 5.64. The molecule has 4 rings (SSSR count). The van der Waals surface area contributed by atoms with E-state index < -0.39 is 6.04 Å². The molecule has 1 saturated heterocycles. The Labute approximate surface area is 176 Å². The number of ether oxygens (including phenoxy) is 2. The van der Waals surface area contributed by atoms with E-state index in [2.05, 4.69) is 0 Å². The molecule has 0 aromatic heterocycles. The minimum Gasteiger partial charge on any atom is -0.497 e. The molecule has 1 aromatic rings. The van der Waals surface area contributed by atoms with Crippen molar-refractivity contribution in [3.63, 3.8) is 0 Å². The van der Waals surface area contributed by atoms with Crippen molar-refractivity contribution < 1.29 is 23.6 Å². The Morgan fingerprint density at radius 2 is 2.00 bits per heavy atom. The average molecular weight is 414 g/mol. The van der Waals surface area contributed by atoms with Gasteiger partial charge in [0.15, 0.2) is 5.75 Å². The lowest BCUT2D eigenvalue weighted by molar-refractivity contribution is -0.539. The summed E-state index contributed by atoms with van der Waals surface area (Å²) >= 11 is 0. The van der Waals surface area contributed by atoms with Crippen molar-refractivity contribution >= 4 is 29.4 Å². The van der Waals surface area contributed by atoms with Crippen LogP contribution >= 0.6 is 0 Å². The van der Waals surface area contributed by atoms with Crippen molar-refractivity contribution in [2.24, 2.45) is 10.9 Å². The molecule has 0 spiro atoms. The monoisotopic (exact) mass is 414 g/mol. The second kappa shape index (κ2) is 7.62. The lowest BCUT2D eigenvalue weighted by Gasteiger charge is -2.35. The summed E-state index contributed by atoms with van der Waals surface area (Å²) in [6.07, 6.45) is 0.846. The molecule has 0 N–H and O–H groups in total. The van der Waals surface area contributed by atoms with E-state index in [0.29, 0.717) is 36.4 Å². The molecule has 0 radical (unpaired) electrons. The van der Waals surface area contributed by atoms with Gasteiger partial charge in [-0.1, -0.05) is 18.8 Å². The minimum absolute atomic E-state index is 0.188. The summed E-state index contributed by atoms with van der Waals surface area (Å²) < 4.78 is 13.0. The highest BCUT2D eigenvalue weighted by Crippen LogP contribution is 2.35. The number of amides is 3. The smallest absolute Gasteiger partial charge is 0.397 e. The Morgan fingerprint density at radius 3 is 2.67 bits per heavy atom. The molecule has 1 fully saturated rings. The van der Waals surface area contributed by atoms with Crippen LogP contribution in [0.4, 0.5) is 10.5 Å². The average Bonchev–Trinajstić information content (AvgIpc) is 3.14. The Balaban J connectivity index is 1.78. The fraction of sp³-hybridized carbons (Fsp3) is 0.524. The predicted molar refractivity (Wildman–Crippen MR) is 113 cm³/mol. The number of aliphatic imine (C=N–C) groups is 1. The lowest BCUT2D eigenvalue weighted by atomic mass is 10.1. The number of amidine groups is 1. The van der Waals surface area contributed by atoms with E-state index in [1.165, 1.54) is 9.80 Å². The summed E-state index contributed by atoms with van der Waals surface area (Å²) in [4.78, 5) is 35.8. The van der Waals surface area contributed by atoms with Gasteiger partial charge in [0.2, 0.25) is 11.9 Å². The summed E-state index contributed by atoms with van der Waals surface area (Å²) in [5.41, 5.74) is 0.819. The standard InChI is InChI=1S/C21H28N5O4/c1-13(2)12-26-19(27)17-18(23(3)21(26)28)22-20-24(9-6-10-25(17)20)15-11-14(29-4)7-8-16(15)30-5/h7-8,11,13,17H,6,9-10,12H2,1-5H3/q+1. The number of urea groups is 1. The van der Waals surface area contributed by atoms with Crippen molar-refractivity contribution in [2.75, 3.05) is 45.8 Å². The molecule has 9 nitrogen and oxygen atoms in total. The Bertz CT molecular complexity index is 955. The highest BCUT2D eigenvalue weighted by atomic mass is 16.5. The van der Waals surface area contributed by atoms with Crippen molar-refractivity contribution in [1.82, 2.24) is 9.80 Å². The normalized spacial score (nSPS) is 21.2. The fourth-order valence-electron chi connectivity index (χ4n) is 4.22. The van der Waals surface area contributed by atoms with Crippen LogP contribution in [0.5, 0.6) is 11.5 Å². The van der Waals surface area contributed by atoms with E-state index in [-0.39, 0.29) is 17.9 Å². The Kier molecular flexibility index (Phi) is 5.13. The van der Waals surface area contributed by atoms with Crippen LogP contribution in [-0.2, 0) is 4.79 Å². The van der Waals surface area contributed by atoms with Crippen LogP contribution in [0.2, 0.25) is 0 Å². The fourth-order valence-corrected chi connectivity index (χ4v) is 4.22. The van der Waals surface area contributed by atoms with Gasteiger partial charge in [-0.25, -0.2) is 14.3 Å². The first-order valence-electron chi connectivity index (χ1n) is 10.2. The SMILES string of the molecule is COc1ccc(OC)c(N2CCC[N+]3=C2N=C2C3C(=O)N(CC(C)C)C(=O)N2C)c1. The predicted octanol–water partition coefficient (Wildman–Crippen LogP) is 1.61. The number of fused-ring (bicyclic) bond motifs is 2. The minimum atomic E-state index is -0.583. The number of methoxy groups -OCH3 is 2. The van der Waals surface area contributed by atoms with E-state index >= 15 is 0 Å². The van der Waals surface area contributed by atoms with E-state index in [1.807, 2.05) is 41.5 Å². The molecule has 0 bridgehead atoms. The van der Waals surface area contributed by atoms with Crippen LogP contribution in [-0.4, -0.2) is 85.1 Å². The third-order valence-corrected chi connectivity index (χ3v) is 5.64. The maximum absolute atomic E-state index is 13.3. The number of imide groups is 1. The van der Waals surface area contributed by atoms with Gasteiger partial charge in [-0.05, 0) is 18.1 Å². The van der Waals surface area contributed by atoms with Gasteiger partial charge in [0.1, 0.15) is 11.4 Å². The highest BCUT2D eigenvalue weighted by molar-refractivity contribution is 6.24. The number of nitrogens with zero attached hydrogens (tertiary/aromatic N) is 5. The summed E-state index contributed by atoms with van der Waals surface area (Å²) in [5, 5.41) is 0. The molecule has 0 aliphatic carbocycles. The van der Waals surface area contributed by atoms with Crippen LogP contribution in [0, 0.1) is 5.92 Å². The van der Waals surface area contributed by atoms with Crippen molar-refractivity contribution in [2.45, 2.75) is 26.3 Å². The Morgan fingerprint density at radius 1 is 1.23 bits per heavy atom. The van der Waals surface area contributed by atoms with E-state index in [1.54, 1.807) is 21.3 Å². The first-order chi connectivity index (χ1) is 14.4. The summed E-state index contributed by atoms with van der Waals surface area (Å²) in [7, 11) is 4.93. The first-order valence-corrected chi connectivity index (χ1v) is 10.2. The van der Waals surface area contributed by atoms with Gasteiger partial charge < -0.3 is 9.47 Å². The number of guanidine groups is 1. The molecule has 3 aliphatic rings. The molecule has 1 atom stereocenters. The zero-order valence-electron chi connectivity index (χ0n) is 18.1. The van der Waals surface area contributed by atoms with Crippen LogP contribution in [0.15, 0.2) is 23.2 Å². The lowest BCUT2D eigenvalue weighted by Crippen LogP contribution is -2.63. The summed E-state index contributed by atoms with van der Waals surface area (Å²) in [5.74, 6) is 2.52. The molecule has 1 unspecified atom stereocenters. The third kappa shape index (κ3) is 3.09. The number of benzene rings is 1. The summed E-state index contributed by atoms with van der Waals surface area (Å²) in [6, 6.07) is 4.69. The van der Waals surface area contributed by atoms with Crippen molar-refractivity contribution in [1.29, 1.82) is 0 Å². The Hall–Kier alpha value is -3.10. The van der Waals surface area contributed by atoms with Crippen molar-refractivity contribution in [3.8, 4) is 11.5 Å². The topological polar surface area (TPSA) is 77.7 Å². The van der Waals surface area contributed by atoms with Crippen LogP contribution in [0.25, 0.3) is 0 Å². The number of likely N-dealkylation sites (N-methyl/N-ethyl adjacent to an activating group) is 1. The molecule has 30 heavy (non-hydrogen) atoms. The van der Waals surface area contributed by atoms with Crippen LogP contribution < -0.4 is 14.4 Å². The molecule has 0 saturated carbocycles. The number of hydrogen-bond donors (Lipinski definition) is 0. The molecule has 9 heteroatoms. The maximum Gasteiger partial charge on any atom is 0.397 e. The van der Waals surface area contributed by atoms with E-state index in [4.69, 9.17) is 14.5 Å². The zero-order valence-corrected chi connectivity index (χ0v) is 18.1. The van der Waals surface area contributed by atoms with Gasteiger partial charge in [-0.3, -0.25) is 14.6 Å². The van der Waals surface area contributed by atoms with Gasteiger partial charge in [-0.15, -0.1) is 0 Å². The largest absolute Gasteiger partial charge is 0.497 e. The van der Waals surface area contributed by atoms with E-state index in [9.17, 15) is 9.59 Å². The molecular formula is C21H28N5O4+. The van der Waals surface area contributed by atoms with E-state index in [0.717, 1.165) is 18.7 Å². The molecular weight excluding hydrogens is 386 g/mol. The van der Waals surface area contributed by atoms with Gasteiger partial charge in [0.05, 0.1) is 27.3 Å². The van der Waals surface area contributed by atoms with Gasteiger partial charge >= 0.3 is 12.0 Å². The number of hydrogen-bond acceptors (Lipinski definition) is 6. The molecule has 3 aliphatic heterocycles. The summed E-state index contributed by atoms with van der Waals surface area (Å²) in [6.45, 7) is 5.80. The van der Waals surface area contributed by atoms with Crippen LogP contribution in [0.1, 0.15) is 20.3 Å². The molecule has 1 aromatic carbocycles. The number of anilines is 1. The number of rotatable bonds is 5. The highest BCUT2D eigenvalue weighted by Gasteiger charge is 2.54. The number of carbonyl (C=O) groups excluding carboxylic acids is 2. The quantitative estimate of drug-likeness (QED) is 0.684. The molecule has 160 valence electrons.